The smallest absolute Gasteiger partial charge is 0.259 e. The number of aromatic amines is 1. The molecule has 0 aliphatic carbocycles. The van der Waals surface area contributed by atoms with Crippen LogP contribution in [0.5, 0.6) is 0 Å². The van der Waals surface area contributed by atoms with Crippen molar-refractivity contribution < 1.29 is 29.4 Å². The molecule has 2 saturated heterocycles. The van der Waals surface area contributed by atoms with E-state index in [1.54, 1.807) is 79.1 Å². The van der Waals surface area contributed by atoms with Crippen molar-refractivity contribution in [2.45, 2.75) is 62.8 Å². The molecule has 5 aromatic rings. The molecule has 2 unspecified atom stereocenters. The summed E-state index contributed by atoms with van der Waals surface area (Å²) in [5, 5.41) is 28.1. The SMILES string of the molecule is C[C@](O)(C(=O)N1CCCC1C(=O)Nc1ccc(-c2nc[nH]c2-c2ccc(NC(=O)C3CCCN3C(=O)[C@](C)(O)c3ccccc3)cc2)cc1)c1ccccc1. The van der Waals surface area contributed by atoms with E-state index in [1.165, 1.54) is 23.6 Å². The van der Waals surface area contributed by atoms with Gasteiger partial charge in [-0.1, -0.05) is 84.9 Å². The first-order valence-corrected chi connectivity index (χ1v) is 18.5. The van der Waals surface area contributed by atoms with Crippen molar-refractivity contribution in [2.75, 3.05) is 23.7 Å². The molecule has 1 aromatic heterocycles. The molecule has 55 heavy (non-hydrogen) atoms. The van der Waals surface area contributed by atoms with Crippen molar-refractivity contribution in [1.82, 2.24) is 19.8 Å². The zero-order valence-electron chi connectivity index (χ0n) is 30.7. The Bertz CT molecular complexity index is 2010. The molecule has 5 N–H and O–H groups in total. The Hall–Kier alpha value is -6.11. The molecule has 4 aromatic carbocycles. The average molecular weight is 741 g/mol. The lowest BCUT2D eigenvalue weighted by atomic mass is 9.94. The number of carbonyl (C=O) groups excluding carboxylic acids is 4. The minimum Gasteiger partial charge on any atom is -0.376 e. The quantitative estimate of drug-likeness (QED) is 0.128. The Kier molecular flexibility index (Phi) is 10.4. The molecule has 12 heteroatoms. The highest BCUT2D eigenvalue weighted by molar-refractivity contribution is 6.00. The van der Waals surface area contributed by atoms with Crippen molar-refractivity contribution in [1.29, 1.82) is 0 Å². The highest BCUT2D eigenvalue weighted by atomic mass is 16.3. The maximum Gasteiger partial charge on any atom is 0.259 e. The number of nitrogens with one attached hydrogen (secondary N) is 3. The summed E-state index contributed by atoms with van der Waals surface area (Å²) in [6.07, 6.45) is 3.90. The van der Waals surface area contributed by atoms with Gasteiger partial charge in [-0.2, -0.15) is 0 Å². The molecule has 0 radical (unpaired) electrons. The Morgan fingerprint density at radius 1 is 0.636 bits per heavy atom. The Labute approximate surface area is 319 Å². The van der Waals surface area contributed by atoms with Crippen molar-refractivity contribution in [3.05, 3.63) is 127 Å². The lowest BCUT2D eigenvalue weighted by Crippen LogP contribution is -2.50. The number of hydrogen-bond acceptors (Lipinski definition) is 7. The van der Waals surface area contributed by atoms with E-state index in [0.29, 0.717) is 67.0 Å². The molecule has 3 heterocycles. The third-order valence-electron chi connectivity index (χ3n) is 10.6. The molecule has 12 nitrogen and oxygen atoms in total. The van der Waals surface area contributed by atoms with Gasteiger partial charge in [0.1, 0.15) is 12.1 Å². The molecular formula is C43H44N6O6. The summed E-state index contributed by atoms with van der Waals surface area (Å²) in [5.74, 6) is -1.64. The molecule has 0 spiro atoms. The summed E-state index contributed by atoms with van der Waals surface area (Å²) in [5.41, 5.74) is 1.64. The third-order valence-corrected chi connectivity index (χ3v) is 10.6. The van der Waals surface area contributed by atoms with Gasteiger partial charge < -0.3 is 35.6 Å². The maximum atomic E-state index is 13.4. The second-order valence-electron chi connectivity index (χ2n) is 14.4. The summed E-state index contributed by atoms with van der Waals surface area (Å²) in [4.78, 5) is 64.3. The van der Waals surface area contributed by atoms with Crippen LogP contribution in [0.2, 0.25) is 0 Å². The van der Waals surface area contributed by atoms with Crippen LogP contribution in [0.15, 0.2) is 116 Å². The second-order valence-corrected chi connectivity index (χ2v) is 14.4. The summed E-state index contributed by atoms with van der Waals surface area (Å²) < 4.78 is 0. The van der Waals surface area contributed by atoms with Gasteiger partial charge in [-0.3, -0.25) is 19.2 Å². The van der Waals surface area contributed by atoms with Crippen LogP contribution in [0.25, 0.3) is 22.5 Å². The van der Waals surface area contributed by atoms with Crippen molar-refractivity contribution >= 4 is 35.0 Å². The number of nitrogens with zero attached hydrogens (tertiary/aromatic N) is 3. The molecule has 7 rings (SSSR count). The Morgan fingerprint density at radius 3 is 1.49 bits per heavy atom. The summed E-state index contributed by atoms with van der Waals surface area (Å²) in [7, 11) is 0. The van der Waals surface area contributed by atoms with E-state index in [1.807, 2.05) is 36.4 Å². The first-order chi connectivity index (χ1) is 26.4. The van der Waals surface area contributed by atoms with Crippen LogP contribution < -0.4 is 10.6 Å². The zero-order chi connectivity index (χ0) is 38.7. The minimum atomic E-state index is -1.76. The standard InChI is InChI=1S/C43H44N6O6/c1-42(54,30-11-5-3-6-12-30)40(52)48-25-9-15-34(48)38(50)46-32-21-17-28(18-22-32)36-37(45-27-44-36)29-19-23-33(24-20-29)47-39(51)35-16-10-26-49(35)41(53)43(2,55)31-13-7-4-8-14-31/h3-8,11-14,17-24,27,34-35,54-55H,9-10,15-16,25-26H2,1-2H3,(H,44,45)(H,46,50)(H,47,51)/t34?,35?,42-,43-/m1/s1. The number of H-pyrrole nitrogens is 1. The van der Waals surface area contributed by atoms with Crippen molar-refractivity contribution in [2.24, 2.45) is 0 Å². The molecule has 2 aliphatic heterocycles. The molecular weight excluding hydrogens is 697 g/mol. The predicted molar refractivity (Wildman–Crippen MR) is 208 cm³/mol. The number of aliphatic hydroxyl groups is 2. The van der Waals surface area contributed by atoms with E-state index < -0.39 is 35.1 Å². The zero-order valence-corrected chi connectivity index (χ0v) is 30.7. The molecule has 0 bridgehead atoms. The number of amides is 4. The van der Waals surface area contributed by atoms with Crippen molar-refractivity contribution in [3.63, 3.8) is 0 Å². The number of rotatable bonds is 10. The molecule has 0 saturated carbocycles. The normalized spacial score (nSPS) is 19.0. The largest absolute Gasteiger partial charge is 0.376 e. The number of hydrogen-bond donors (Lipinski definition) is 5. The number of benzene rings is 4. The number of likely N-dealkylation sites (tertiary alicyclic amines) is 2. The highest BCUT2D eigenvalue weighted by Crippen LogP contribution is 2.33. The van der Waals surface area contributed by atoms with Gasteiger partial charge in [0.25, 0.3) is 11.8 Å². The van der Waals surface area contributed by atoms with E-state index in [9.17, 15) is 29.4 Å². The number of imidazole rings is 1. The Balaban J connectivity index is 0.980. The fraction of sp³-hybridized carbons (Fsp3) is 0.279. The molecule has 4 amide bonds. The second kappa shape index (κ2) is 15.3. The van der Waals surface area contributed by atoms with E-state index in [-0.39, 0.29) is 11.8 Å². The van der Waals surface area contributed by atoms with Crippen LogP contribution in [-0.2, 0) is 30.4 Å². The fourth-order valence-electron chi connectivity index (χ4n) is 7.51. The predicted octanol–water partition coefficient (Wildman–Crippen LogP) is 5.42. The van der Waals surface area contributed by atoms with Crippen LogP contribution in [-0.4, -0.2) is 78.8 Å². The first-order valence-electron chi connectivity index (χ1n) is 18.5. The van der Waals surface area contributed by atoms with Gasteiger partial charge in [0, 0.05) is 35.6 Å². The maximum absolute atomic E-state index is 13.4. The minimum absolute atomic E-state index is 0.317. The third kappa shape index (κ3) is 7.51. The fourth-order valence-corrected chi connectivity index (χ4v) is 7.51. The van der Waals surface area contributed by atoms with Gasteiger partial charge in [-0.15, -0.1) is 0 Å². The van der Waals surface area contributed by atoms with Crippen LogP contribution >= 0.6 is 0 Å². The molecule has 4 atom stereocenters. The molecule has 2 fully saturated rings. The Morgan fingerprint density at radius 2 is 1.05 bits per heavy atom. The number of aromatic nitrogens is 2. The van der Waals surface area contributed by atoms with Crippen LogP contribution in [0.4, 0.5) is 11.4 Å². The van der Waals surface area contributed by atoms with E-state index >= 15 is 0 Å². The summed E-state index contributed by atoms with van der Waals surface area (Å²) in [6.45, 7) is 3.69. The van der Waals surface area contributed by atoms with Gasteiger partial charge in [0.15, 0.2) is 11.2 Å². The van der Waals surface area contributed by atoms with E-state index in [4.69, 9.17) is 0 Å². The topological polar surface area (TPSA) is 168 Å². The molecule has 282 valence electrons. The van der Waals surface area contributed by atoms with Crippen LogP contribution in [0.3, 0.4) is 0 Å². The van der Waals surface area contributed by atoms with Gasteiger partial charge in [0.05, 0.1) is 17.7 Å². The first kappa shape index (κ1) is 37.2. The van der Waals surface area contributed by atoms with E-state index in [2.05, 4.69) is 20.6 Å². The van der Waals surface area contributed by atoms with Crippen LogP contribution in [0.1, 0.15) is 50.7 Å². The van der Waals surface area contributed by atoms with Gasteiger partial charge in [-0.05, 0) is 74.9 Å². The van der Waals surface area contributed by atoms with Crippen molar-refractivity contribution in [3.8, 4) is 22.5 Å². The average Bonchev–Trinajstić information content (AvgIpc) is 4.01. The summed E-state index contributed by atoms with van der Waals surface area (Å²) >= 11 is 0. The monoisotopic (exact) mass is 740 g/mol. The molecule has 2 aliphatic rings. The highest BCUT2D eigenvalue weighted by Gasteiger charge is 2.44. The lowest BCUT2D eigenvalue weighted by molar-refractivity contribution is -0.153. The summed E-state index contributed by atoms with van der Waals surface area (Å²) in [6, 6.07) is 30.6. The lowest BCUT2D eigenvalue weighted by Gasteiger charge is -2.32. The van der Waals surface area contributed by atoms with Crippen LogP contribution in [0, 0.1) is 0 Å². The van der Waals surface area contributed by atoms with Gasteiger partial charge >= 0.3 is 0 Å². The van der Waals surface area contributed by atoms with Gasteiger partial charge in [0.2, 0.25) is 11.8 Å². The van der Waals surface area contributed by atoms with E-state index in [0.717, 1.165) is 16.8 Å². The number of anilines is 2. The van der Waals surface area contributed by atoms with Gasteiger partial charge in [-0.25, -0.2) is 4.98 Å². The number of carbonyl (C=O) groups is 4.